The molecule has 128 valence electrons. The Bertz CT molecular complexity index is 708. The SMILES string of the molecule is CC1(C(=O)O)CCCN1C(=O)C1CC(=O)N(c2ccccc2Cl)C1. The molecule has 2 unspecified atom stereocenters. The van der Waals surface area contributed by atoms with Gasteiger partial charge in [0.15, 0.2) is 0 Å². The molecule has 1 N–H and O–H groups in total. The molecule has 2 saturated heterocycles. The lowest BCUT2D eigenvalue weighted by atomic mass is 9.97. The van der Waals surface area contributed by atoms with Crippen LogP contribution in [0.2, 0.25) is 5.02 Å². The van der Waals surface area contributed by atoms with Gasteiger partial charge in [0.2, 0.25) is 11.8 Å². The summed E-state index contributed by atoms with van der Waals surface area (Å²) in [5.74, 6) is -1.97. The van der Waals surface area contributed by atoms with Gasteiger partial charge in [0.1, 0.15) is 5.54 Å². The Morgan fingerprint density at radius 3 is 2.71 bits per heavy atom. The zero-order valence-corrected chi connectivity index (χ0v) is 14.1. The molecular weight excluding hydrogens is 332 g/mol. The molecule has 2 heterocycles. The number of halogens is 1. The number of carboxylic acid groups (broad SMARTS) is 1. The van der Waals surface area contributed by atoms with E-state index in [-0.39, 0.29) is 24.8 Å². The van der Waals surface area contributed by atoms with E-state index in [1.54, 1.807) is 31.2 Å². The van der Waals surface area contributed by atoms with Crippen LogP contribution in [0.25, 0.3) is 0 Å². The Morgan fingerprint density at radius 1 is 1.33 bits per heavy atom. The number of rotatable bonds is 3. The van der Waals surface area contributed by atoms with Crippen molar-refractivity contribution in [2.75, 3.05) is 18.0 Å². The van der Waals surface area contributed by atoms with Gasteiger partial charge in [-0.05, 0) is 31.9 Å². The molecule has 3 rings (SSSR count). The maximum absolute atomic E-state index is 12.8. The molecule has 2 aliphatic heterocycles. The van der Waals surface area contributed by atoms with Gasteiger partial charge in [-0.1, -0.05) is 23.7 Å². The summed E-state index contributed by atoms with van der Waals surface area (Å²) in [6.45, 7) is 2.22. The molecule has 2 atom stereocenters. The molecule has 7 heteroatoms. The van der Waals surface area contributed by atoms with E-state index in [1.807, 2.05) is 0 Å². The van der Waals surface area contributed by atoms with Crippen LogP contribution in [0.3, 0.4) is 0 Å². The van der Waals surface area contributed by atoms with Gasteiger partial charge in [-0.2, -0.15) is 0 Å². The maximum Gasteiger partial charge on any atom is 0.329 e. The van der Waals surface area contributed by atoms with Crippen molar-refractivity contribution >= 4 is 35.1 Å². The minimum atomic E-state index is -1.18. The minimum Gasteiger partial charge on any atom is -0.480 e. The van der Waals surface area contributed by atoms with Crippen LogP contribution in [-0.4, -0.2) is 46.4 Å². The van der Waals surface area contributed by atoms with Crippen LogP contribution in [0, 0.1) is 5.92 Å². The summed E-state index contributed by atoms with van der Waals surface area (Å²) in [6, 6.07) is 6.99. The van der Waals surface area contributed by atoms with Gasteiger partial charge in [-0.15, -0.1) is 0 Å². The van der Waals surface area contributed by atoms with Gasteiger partial charge >= 0.3 is 5.97 Å². The number of para-hydroxylation sites is 1. The van der Waals surface area contributed by atoms with Crippen LogP contribution in [0.4, 0.5) is 5.69 Å². The largest absolute Gasteiger partial charge is 0.480 e. The summed E-state index contributed by atoms with van der Waals surface area (Å²) in [7, 11) is 0. The monoisotopic (exact) mass is 350 g/mol. The number of carboxylic acids is 1. The van der Waals surface area contributed by atoms with E-state index in [2.05, 4.69) is 0 Å². The lowest BCUT2D eigenvalue weighted by Crippen LogP contribution is -2.52. The molecule has 0 bridgehead atoms. The topological polar surface area (TPSA) is 77.9 Å². The third-order valence-electron chi connectivity index (χ3n) is 4.99. The predicted molar refractivity (Wildman–Crippen MR) is 88.9 cm³/mol. The number of carbonyl (C=O) groups is 3. The van der Waals surface area contributed by atoms with Crippen LogP contribution in [0.5, 0.6) is 0 Å². The summed E-state index contributed by atoms with van der Waals surface area (Å²) in [5, 5.41) is 9.92. The Kier molecular flexibility index (Phi) is 4.25. The van der Waals surface area contributed by atoms with Crippen molar-refractivity contribution in [3.8, 4) is 0 Å². The van der Waals surface area contributed by atoms with Crippen molar-refractivity contribution in [2.24, 2.45) is 5.92 Å². The number of amides is 2. The first-order valence-corrected chi connectivity index (χ1v) is 8.32. The number of hydrogen-bond donors (Lipinski definition) is 1. The van der Waals surface area contributed by atoms with Gasteiger partial charge in [-0.25, -0.2) is 4.79 Å². The van der Waals surface area contributed by atoms with E-state index in [9.17, 15) is 19.5 Å². The second-order valence-corrected chi connectivity index (χ2v) is 6.94. The van der Waals surface area contributed by atoms with Crippen molar-refractivity contribution in [3.63, 3.8) is 0 Å². The fourth-order valence-electron chi connectivity index (χ4n) is 3.54. The molecule has 24 heavy (non-hydrogen) atoms. The Morgan fingerprint density at radius 2 is 2.04 bits per heavy atom. The summed E-state index contributed by atoms with van der Waals surface area (Å²) in [4.78, 5) is 39.7. The molecule has 0 radical (unpaired) electrons. The summed E-state index contributed by atoms with van der Waals surface area (Å²) < 4.78 is 0. The zero-order valence-electron chi connectivity index (χ0n) is 13.4. The third-order valence-corrected chi connectivity index (χ3v) is 5.30. The van der Waals surface area contributed by atoms with Crippen molar-refractivity contribution in [1.29, 1.82) is 0 Å². The first-order chi connectivity index (χ1) is 11.3. The van der Waals surface area contributed by atoms with Gasteiger partial charge in [0.25, 0.3) is 0 Å². The predicted octanol–water partition coefficient (Wildman–Crippen LogP) is 2.16. The fraction of sp³-hybridized carbons (Fsp3) is 0.471. The van der Waals surface area contributed by atoms with Crippen LogP contribution in [-0.2, 0) is 14.4 Å². The molecular formula is C17H19ClN2O4. The number of nitrogens with zero attached hydrogens (tertiary/aromatic N) is 2. The van der Waals surface area contributed by atoms with Crippen molar-refractivity contribution < 1.29 is 19.5 Å². The molecule has 6 nitrogen and oxygen atoms in total. The van der Waals surface area contributed by atoms with E-state index < -0.39 is 17.4 Å². The van der Waals surface area contributed by atoms with Crippen LogP contribution in [0.1, 0.15) is 26.2 Å². The highest BCUT2D eigenvalue weighted by atomic mass is 35.5. The van der Waals surface area contributed by atoms with Gasteiger partial charge in [-0.3, -0.25) is 9.59 Å². The Balaban J connectivity index is 1.80. The Hall–Kier alpha value is -2.08. The first kappa shape index (κ1) is 16.8. The molecule has 2 fully saturated rings. The summed E-state index contributed by atoms with van der Waals surface area (Å²) in [5.41, 5.74) is -0.598. The normalized spacial score (nSPS) is 26.9. The van der Waals surface area contributed by atoms with Gasteiger partial charge in [0.05, 0.1) is 16.6 Å². The quantitative estimate of drug-likeness (QED) is 0.906. The number of carbonyl (C=O) groups excluding carboxylic acids is 2. The zero-order chi connectivity index (χ0) is 17.5. The molecule has 2 aliphatic rings. The summed E-state index contributed by atoms with van der Waals surface area (Å²) >= 11 is 6.14. The fourth-order valence-corrected chi connectivity index (χ4v) is 3.77. The molecule has 0 aliphatic carbocycles. The van der Waals surface area contributed by atoms with Crippen molar-refractivity contribution in [2.45, 2.75) is 31.7 Å². The van der Waals surface area contributed by atoms with E-state index in [0.717, 1.165) is 0 Å². The summed E-state index contributed by atoms with van der Waals surface area (Å²) in [6.07, 6.45) is 1.17. The van der Waals surface area contributed by atoms with E-state index in [0.29, 0.717) is 30.1 Å². The van der Waals surface area contributed by atoms with Crippen molar-refractivity contribution in [3.05, 3.63) is 29.3 Å². The maximum atomic E-state index is 12.8. The lowest BCUT2D eigenvalue weighted by molar-refractivity contribution is -0.156. The molecule has 0 spiro atoms. The van der Waals surface area contributed by atoms with Crippen LogP contribution in [0.15, 0.2) is 24.3 Å². The number of hydrogen-bond acceptors (Lipinski definition) is 3. The lowest BCUT2D eigenvalue weighted by Gasteiger charge is -2.33. The highest BCUT2D eigenvalue weighted by Gasteiger charge is 2.49. The molecule has 0 saturated carbocycles. The van der Waals surface area contributed by atoms with Crippen LogP contribution < -0.4 is 4.90 Å². The van der Waals surface area contributed by atoms with Gasteiger partial charge < -0.3 is 14.9 Å². The first-order valence-electron chi connectivity index (χ1n) is 7.94. The Labute approximate surface area is 145 Å². The second kappa shape index (κ2) is 6.09. The standard InChI is InChI=1S/C17H19ClN2O4/c1-17(16(23)24)7-4-8-20(17)15(22)11-9-14(21)19(10-11)13-6-3-2-5-12(13)18/h2-3,5-6,11H,4,7-10H2,1H3,(H,23,24). The number of likely N-dealkylation sites (tertiary alicyclic amines) is 1. The van der Waals surface area contributed by atoms with E-state index in [1.165, 1.54) is 9.80 Å². The van der Waals surface area contributed by atoms with Gasteiger partial charge in [0, 0.05) is 19.5 Å². The second-order valence-electron chi connectivity index (χ2n) is 6.53. The molecule has 2 amide bonds. The average Bonchev–Trinajstić information content (AvgIpc) is 3.11. The van der Waals surface area contributed by atoms with Crippen LogP contribution >= 0.6 is 11.6 Å². The van der Waals surface area contributed by atoms with E-state index >= 15 is 0 Å². The molecule has 1 aromatic rings. The van der Waals surface area contributed by atoms with E-state index in [4.69, 9.17) is 11.6 Å². The minimum absolute atomic E-state index is 0.0796. The number of aliphatic carboxylic acids is 1. The highest BCUT2D eigenvalue weighted by Crippen LogP contribution is 2.35. The molecule has 0 aromatic heterocycles. The average molecular weight is 351 g/mol. The smallest absolute Gasteiger partial charge is 0.329 e. The third kappa shape index (κ3) is 2.65. The van der Waals surface area contributed by atoms with Crippen molar-refractivity contribution in [1.82, 2.24) is 4.90 Å². The highest BCUT2D eigenvalue weighted by molar-refractivity contribution is 6.33. The number of benzene rings is 1. The number of anilines is 1. The molecule has 1 aromatic carbocycles.